The molecule has 0 saturated carbocycles. The molecule has 1 heterocycles. The number of amides is 1. The van der Waals surface area contributed by atoms with Gasteiger partial charge in [-0.2, -0.15) is 0 Å². The Labute approximate surface area is 104 Å². The summed E-state index contributed by atoms with van der Waals surface area (Å²) in [4.78, 5) is 14.0. The molecule has 17 heavy (non-hydrogen) atoms. The molecule has 0 aromatic heterocycles. The molecular formula is C13H24N2O2. The highest BCUT2D eigenvalue weighted by molar-refractivity contribution is 5.82. The summed E-state index contributed by atoms with van der Waals surface area (Å²) in [5.74, 6) is 0.0465. The molecule has 0 spiro atoms. The van der Waals surface area contributed by atoms with Gasteiger partial charge in [0.05, 0.1) is 12.6 Å². The zero-order chi connectivity index (χ0) is 13.1. The Balaban J connectivity index is 2.57. The number of hydrogen-bond donors (Lipinski definition) is 1. The number of carbonyl (C=O) groups is 1. The number of ether oxygens (including phenoxy) is 1. The third-order valence-electron chi connectivity index (χ3n) is 3.14. The van der Waals surface area contributed by atoms with Gasteiger partial charge in [0.15, 0.2) is 0 Å². The molecule has 1 aliphatic rings. The zero-order valence-corrected chi connectivity index (χ0v) is 11.3. The maximum Gasteiger partial charge on any atom is 0.240 e. The predicted octanol–water partition coefficient (Wildman–Crippen LogP) is 1.16. The molecule has 4 heteroatoms. The Morgan fingerprint density at radius 3 is 2.65 bits per heavy atom. The van der Waals surface area contributed by atoms with Gasteiger partial charge in [-0.3, -0.25) is 4.79 Å². The predicted molar refractivity (Wildman–Crippen MR) is 68.6 cm³/mol. The number of nitrogens with two attached hydrogens (primary N) is 1. The van der Waals surface area contributed by atoms with Crippen LogP contribution in [0, 0.1) is 5.41 Å². The summed E-state index contributed by atoms with van der Waals surface area (Å²) in [6.45, 7) is 8.04. The Hall–Kier alpha value is -0.870. The number of nitrogens with zero attached hydrogens (tertiary/aromatic N) is 1. The van der Waals surface area contributed by atoms with Gasteiger partial charge in [0.25, 0.3) is 0 Å². The largest absolute Gasteiger partial charge is 0.380 e. The fraction of sp³-hybridized carbons (Fsp3) is 0.769. The molecule has 0 aliphatic carbocycles. The van der Waals surface area contributed by atoms with Gasteiger partial charge in [-0.1, -0.05) is 26.8 Å². The van der Waals surface area contributed by atoms with E-state index < -0.39 is 6.04 Å². The fourth-order valence-corrected chi connectivity index (χ4v) is 1.79. The van der Waals surface area contributed by atoms with Crippen LogP contribution in [-0.4, -0.2) is 43.7 Å². The van der Waals surface area contributed by atoms with E-state index in [9.17, 15) is 4.79 Å². The summed E-state index contributed by atoms with van der Waals surface area (Å²) in [5.41, 5.74) is 7.06. The van der Waals surface area contributed by atoms with Gasteiger partial charge in [-0.25, -0.2) is 0 Å². The topological polar surface area (TPSA) is 55.6 Å². The Morgan fingerprint density at radius 2 is 2.24 bits per heavy atom. The van der Waals surface area contributed by atoms with Crippen molar-refractivity contribution in [3.8, 4) is 0 Å². The van der Waals surface area contributed by atoms with Crippen molar-refractivity contribution in [2.75, 3.05) is 26.8 Å². The van der Waals surface area contributed by atoms with Crippen molar-refractivity contribution in [1.29, 1.82) is 0 Å². The maximum absolute atomic E-state index is 12.1. The van der Waals surface area contributed by atoms with Crippen LogP contribution in [-0.2, 0) is 9.53 Å². The number of methoxy groups -OCH3 is 1. The molecule has 0 unspecified atom stereocenters. The van der Waals surface area contributed by atoms with E-state index in [1.165, 1.54) is 5.57 Å². The molecule has 0 aromatic carbocycles. The number of carbonyl (C=O) groups excluding carboxylic acids is 1. The van der Waals surface area contributed by atoms with Crippen molar-refractivity contribution in [2.24, 2.45) is 11.1 Å². The molecule has 2 N–H and O–H groups in total. The van der Waals surface area contributed by atoms with Crippen LogP contribution in [0.3, 0.4) is 0 Å². The minimum absolute atomic E-state index is 0.0465. The lowest BCUT2D eigenvalue weighted by Crippen LogP contribution is -2.51. The van der Waals surface area contributed by atoms with E-state index in [-0.39, 0.29) is 11.3 Å². The van der Waals surface area contributed by atoms with Gasteiger partial charge in [0, 0.05) is 20.2 Å². The summed E-state index contributed by atoms with van der Waals surface area (Å²) in [5, 5.41) is 0. The van der Waals surface area contributed by atoms with Gasteiger partial charge in [0.2, 0.25) is 5.91 Å². The van der Waals surface area contributed by atoms with Crippen LogP contribution in [0.15, 0.2) is 11.6 Å². The second kappa shape index (κ2) is 5.65. The van der Waals surface area contributed by atoms with Crippen LogP contribution in [0.25, 0.3) is 0 Å². The van der Waals surface area contributed by atoms with E-state index in [0.717, 1.165) is 13.0 Å². The first-order valence-electron chi connectivity index (χ1n) is 6.07. The highest BCUT2D eigenvalue weighted by atomic mass is 16.5. The summed E-state index contributed by atoms with van der Waals surface area (Å²) >= 11 is 0. The van der Waals surface area contributed by atoms with E-state index in [1.807, 2.05) is 25.7 Å². The molecule has 0 radical (unpaired) electrons. The quantitative estimate of drug-likeness (QED) is 0.753. The van der Waals surface area contributed by atoms with E-state index >= 15 is 0 Å². The van der Waals surface area contributed by atoms with Gasteiger partial charge >= 0.3 is 0 Å². The van der Waals surface area contributed by atoms with Crippen LogP contribution in [0.5, 0.6) is 0 Å². The van der Waals surface area contributed by atoms with Crippen LogP contribution in [0.4, 0.5) is 0 Å². The van der Waals surface area contributed by atoms with Gasteiger partial charge in [0.1, 0.15) is 0 Å². The lowest BCUT2D eigenvalue weighted by Gasteiger charge is -2.33. The lowest BCUT2D eigenvalue weighted by atomic mass is 9.86. The van der Waals surface area contributed by atoms with E-state index in [0.29, 0.717) is 13.2 Å². The SMILES string of the molecule is COCC1=CCN(C(=O)[C@H](N)C(C)(C)C)CC1. The van der Waals surface area contributed by atoms with E-state index in [1.54, 1.807) is 7.11 Å². The van der Waals surface area contributed by atoms with Crippen molar-refractivity contribution >= 4 is 5.91 Å². The Bertz CT molecular complexity index is 305. The van der Waals surface area contributed by atoms with E-state index in [4.69, 9.17) is 10.5 Å². The minimum Gasteiger partial charge on any atom is -0.380 e. The van der Waals surface area contributed by atoms with Crippen LogP contribution >= 0.6 is 0 Å². The first-order chi connectivity index (χ1) is 7.86. The van der Waals surface area contributed by atoms with Crippen molar-refractivity contribution < 1.29 is 9.53 Å². The first kappa shape index (κ1) is 14.2. The highest BCUT2D eigenvalue weighted by Crippen LogP contribution is 2.20. The molecule has 1 amide bonds. The second-order valence-corrected chi connectivity index (χ2v) is 5.67. The molecule has 4 nitrogen and oxygen atoms in total. The molecule has 1 rings (SSSR count). The van der Waals surface area contributed by atoms with Crippen molar-refractivity contribution in [1.82, 2.24) is 4.90 Å². The normalized spacial score (nSPS) is 18.9. The minimum atomic E-state index is -0.431. The second-order valence-electron chi connectivity index (χ2n) is 5.67. The molecule has 1 aliphatic heterocycles. The average molecular weight is 240 g/mol. The van der Waals surface area contributed by atoms with Gasteiger partial charge in [-0.05, 0) is 17.4 Å². The van der Waals surface area contributed by atoms with Crippen molar-refractivity contribution in [3.63, 3.8) is 0 Å². The number of rotatable bonds is 3. The molecule has 0 aromatic rings. The zero-order valence-electron chi connectivity index (χ0n) is 11.3. The first-order valence-corrected chi connectivity index (χ1v) is 6.07. The van der Waals surface area contributed by atoms with Gasteiger partial charge < -0.3 is 15.4 Å². The van der Waals surface area contributed by atoms with E-state index in [2.05, 4.69) is 6.08 Å². The Morgan fingerprint density at radius 1 is 1.59 bits per heavy atom. The molecule has 0 saturated heterocycles. The molecular weight excluding hydrogens is 216 g/mol. The van der Waals surface area contributed by atoms with Crippen LogP contribution < -0.4 is 5.73 Å². The standard InChI is InChI=1S/C13H24N2O2/c1-13(2,3)11(14)12(16)15-7-5-10(6-8-15)9-17-4/h5,11H,6-9,14H2,1-4H3/t11-/m0/s1. The van der Waals surface area contributed by atoms with Crippen molar-refractivity contribution in [3.05, 3.63) is 11.6 Å². The smallest absolute Gasteiger partial charge is 0.240 e. The fourth-order valence-electron chi connectivity index (χ4n) is 1.79. The third-order valence-corrected chi connectivity index (χ3v) is 3.14. The third kappa shape index (κ3) is 3.82. The highest BCUT2D eigenvalue weighted by Gasteiger charge is 2.31. The van der Waals surface area contributed by atoms with Crippen LogP contribution in [0.2, 0.25) is 0 Å². The summed E-state index contributed by atoms with van der Waals surface area (Å²) in [6, 6.07) is -0.431. The molecule has 0 fully saturated rings. The summed E-state index contributed by atoms with van der Waals surface area (Å²) in [6.07, 6.45) is 2.96. The monoisotopic (exact) mass is 240 g/mol. The van der Waals surface area contributed by atoms with Crippen molar-refractivity contribution in [2.45, 2.75) is 33.2 Å². The summed E-state index contributed by atoms with van der Waals surface area (Å²) < 4.78 is 5.08. The van der Waals surface area contributed by atoms with Gasteiger partial charge in [-0.15, -0.1) is 0 Å². The average Bonchev–Trinajstić information content (AvgIpc) is 2.27. The molecule has 98 valence electrons. The van der Waals surface area contributed by atoms with Crippen LogP contribution in [0.1, 0.15) is 27.2 Å². The summed E-state index contributed by atoms with van der Waals surface area (Å²) in [7, 11) is 1.69. The maximum atomic E-state index is 12.1. The number of hydrogen-bond acceptors (Lipinski definition) is 3. The lowest BCUT2D eigenvalue weighted by molar-refractivity contribution is -0.134. The Kier molecular flexibility index (Phi) is 4.71. The molecule has 1 atom stereocenters. The molecule has 0 bridgehead atoms.